The molecule has 13 heavy (non-hydrogen) atoms. The molecule has 0 saturated carbocycles. The molecule has 0 atom stereocenters. The number of diazo groups is 1. The van der Waals surface area contributed by atoms with Gasteiger partial charge in [-0.2, -0.15) is 0 Å². The number of hydrogen-bond acceptors (Lipinski definition) is 3. The molecule has 0 aliphatic carbocycles. The summed E-state index contributed by atoms with van der Waals surface area (Å²) in [6, 6.07) is 0. The van der Waals surface area contributed by atoms with Crippen LogP contribution in [-0.2, 0) is 4.74 Å². The summed E-state index contributed by atoms with van der Waals surface area (Å²) in [4.78, 5) is 2.67. The summed E-state index contributed by atoms with van der Waals surface area (Å²) in [5.41, 5.74) is 0. The van der Waals surface area contributed by atoms with Crippen molar-refractivity contribution in [3.63, 3.8) is 0 Å². The van der Waals surface area contributed by atoms with Gasteiger partial charge in [0.2, 0.25) is 5.39 Å². The highest BCUT2D eigenvalue weighted by Crippen LogP contribution is 2.18. The number of nitrogens with zero attached hydrogens (tertiary/aromatic N) is 2. The molecule has 0 aromatic carbocycles. The Kier molecular flexibility index (Phi) is 4.90. The predicted octanol–water partition coefficient (Wildman–Crippen LogP) is 2.89. The van der Waals surface area contributed by atoms with Crippen LogP contribution in [0.25, 0.3) is 4.98 Å². The summed E-state index contributed by atoms with van der Waals surface area (Å²) in [6.45, 7) is 8.03. The molecule has 0 unspecified atom stereocenters. The van der Waals surface area contributed by atoms with Crippen molar-refractivity contribution in [1.29, 1.82) is 5.39 Å². The summed E-state index contributed by atoms with van der Waals surface area (Å²) in [7, 11) is 0. The van der Waals surface area contributed by atoms with Gasteiger partial charge in [0.15, 0.2) is 4.98 Å². The van der Waals surface area contributed by atoms with Crippen molar-refractivity contribution in [3.05, 3.63) is 17.1 Å². The second kappa shape index (κ2) is 5.41. The molecule has 1 N–H and O–H groups in total. The lowest BCUT2D eigenvalue weighted by Gasteiger charge is -2.24. The molecule has 0 aliphatic heterocycles. The molecule has 0 spiro atoms. The molecule has 0 bridgehead atoms. The monoisotopic (exact) mass is 185 g/mol. The first kappa shape index (κ1) is 11.8. The third-order valence-electron chi connectivity index (χ3n) is 1.74. The molecule has 0 fully saturated rings. The van der Waals surface area contributed by atoms with Gasteiger partial charge < -0.3 is 9.84 Å². The first-order valence-corrected chi connectivity index (χ1v) is 4.39. The first-order chi connectivity index (χ1) is 5.99. The molecular weight excluding hydrogens is 168 g/mol. The molecule has 0 rings (SSSR count). The zero-order valence-corrected chi connectivity index (χ0v) is 8.56. The van der Waals surface area contributed by atoms with Crippen LogP contribution < -0.4 is 0 Å². The van der Waals surface area contributed by atoms with Crippen LogP contribution in [0.5, 0.6) is 0 Å². The molecule has 4 heteroatoms. The van der Waals surface area contributed by atoms with Crippen LogP contribution >= 0.6 is 0 Å². The van der Waals surface area contributed by atoms with Crippen molar-refractivity contribution in [2.24, 2.45) is 11.8 Å². The Morgan fingerprint density at radius 1 is 1.31 bits per heavy atom. The predicted molar refractivity (Wildman–Crippen MR) is 50.3 cm³/mol. The van der Waals surface area contributed by atoms with Crippen molar-refractivity contribution in [3.8, 4) is 0 Å². The first-order valence-electron chi connectivity index (χ1n) is 4.39. The second-order valence-corrected chi connectivity index (χ2v) is 3.65. The molecule has 0 radical (unpaired) electrons. The van der Waals surface area contributed by atoms with Crippen LogP contribution in [0.3, 0.4) is 0 Å². The van der Waals surface area contributed by atoms with Gasteiger partial charge in [-0.1, -0.05) is 27.7 Å². The Morgan fingerprint density at radius 2 is 1.77 bits per heavy atom. The Morgan fingerprint density at radius 3 is 2.08 bits per heavy atom. The smallest absolute Gasteiger partial charge is 0.429 e. The van der Waals surface area contributed by atoms with Gasteiger partial charge in [0.25, 0.3) is 0 Å². The van der Waals surface area contributed by atoms with Crippen LogP contribution in [0.2, 0.25) is 0 Å². The summed E-state index contributed by atoms with van der Waals surface area (Å²) >= 11 is 0. The van der Waals surface area contributed by atoms with Crippen LogP contribution in [0.1, 0.15) is 27.7 Å². The molecule has 74 valence electrons. The lowest BCUT2D eigenvalue weighted by molar-refractivity contribution is -0.0180. The maximum atomic E-state index is 9.10. The van der Waals surface area contributed by atoms with Crippen molar-refractivity contribution in [2.75, 3.05) is 0 Å². The number of hydrogen-bond donors (Lipinski definition) is 1. The fourth-order valence-corrected chi connectivity index (χ4v) is 1.26. The van der Waals surface area contributed by atoms with Crippen molar-refractivity contribution in [1.82, 2.24) is 0 Å². The second-order valence-electron chi connectivity index (χ2n) is 3.65. The molecule has 0 saturated heterocycles. The van der Waals surface area contributed by atoms with Crippen molar-refractivity contribution < 1.29 is 9.84 Å². The minimum Gasteiger partial charge on any atom is -0.476 e. The van der Waals surface area contributed by atoms with Gasteiger partial charge in [0, 0.05) is 0 Å². The number of rotatable bonds is 4. The van der Waals surface area contributed by atoms with Gasteiger partial charge in [0.1, 0.15) is 6.10 Å². The topological polar surface area (TPSA) is 57.6 Å². The molecule has 4 nitrogen and oxygen atoms in total. The SMILES string of the molecule is CC(C)C(O/C(O)=C\[N+]#N)C(C)C. The van der Waals surface area contributed by atoms with E-state index < -0.39 is 0 Å². The van der Waals surface area contributed by atoms with Crippen LogP contribution in [0.4, 0.5) is 0 Å². The Hall–Kier alpha value is -1.24. The highest BCUT2D eigenvalue weighted by molar-refractivity contribution is 4.89. The van der Waals surface area contributed by atoms with E-state index in [1.807, 2.05) is 27.7 Å². The van der Waals surface area contributed by atoms with E-state index in [2.05, 4.69) is 4.98 Å². The standard InChI is InChI=1S/C9H16N2O2/c1-6(2)9(7(3)4)13-8(12)5-11-10/h5-7,9H,1-4H3/p+1/b8-5-. The Balaban J connectivity index is 4.28. The Bertz CT molecular complexity index is 208. The van der Waals surface area contributed by atoms with E-state index >= 15 is 0 Å². The zero-order valence-electron chi connectivity index (χ0n) is 8.56. The number of aliphatic hydroxyl groups is 1. The fraction of sp³-hybridized carbons (Fsp3) is 0.778. The maximum Gasteiger partial charge on any atom is 0.429 e. The summed E-state index contributed by atoms with van der Waals surface area (Å²) in [5.74, 6) is 0.249. The molecule has 0 aromatic heterocycles. The van der Waals surface area contributed by atoms with Gasteiger partial charge in [-0.05, 0) is 11.8 Å². The van der Waals surface area contributed by atoms with Crippen LogP contribution in [0, 0.1) is 17.2 Å². The largest absolute Gasteiger partial charge is 0.476 e. The van der Waals surface area contributed by atoms with Gasteiger partial charge in [-0.15, -0.1) is 0 Å². The molecule has 0 aliphatic rings. The molecule has 0 amide bonds. The molecular formula is C9H17N2O2+. The Labute approximate surface area is 78.8 Å². The number of aliphatic hydroxyl groups excluding tert-OH is 1. The third-order valence-corrected chi connectivity index (χ3v) is 1.74. The molecule has 0 heterocycles. The summed E-state index contributed by atoms with van der Waals surface area (Å²) in [5, 5.41) is 17.2. The van der Waals surface area contributed by atoms with E-state index in [0.717, 1.165) is 6.20 Å². The van der Waals surface area contributed by atoms with E-state index in [1.165, 1.54) is 0 Å². The van der Waals surface area contributed by atoms with E-state index in [1.54, 1.807) is 0 Å². The van der Waals surface area contributed by atoms with Crippen molar-refractivity contribution in [2.45, 2.75) is 33.8 Å². The number of ether oxygens (including phenoxy) is 1. The van der Waals surface area contributed by atoms with E-state index in [0.29, 0.717) is 11.8 Å². The lowest BCUT2D eigenvalue weighted by atomic mass is 9.96. The highest BCUT2D eigenvalue weighted by atomic mass is 16.6. The average molecular weight is 185 g/mol. The highest BCUT2D eigenvalue weighted by Gasteiger charge is 2.21. The third kappa shape index (κ3) is 4.36. The molecule has 0 aromatic rings. The minimum atomic E-state index is -0.352. The van der Waals surface area contributed by atoms with E-state index in [9.17, 15) is 0 Å². The summed E-state index contributed by atoms with van der Waals surface area (Å²) in [6.07, 6.45) is 0.801. The normalized spacial score (nSPS) is 12.3. The quantitative estimate of drug-likeness (QED) is 0.541. The van der Waals surface area contributed by atoms with Crippen LogP contribution in [-0.4, -0.2) is 11.2 Å². The van der Waals surface area contributed by atoms with Gasteiger partial charge in [-0.3, -0.25) is 0 Å². The maximum absolute atomic E-state index is 9.10. The lowest BCUT2D eigenvalue weighted by Crippen LogP contribution is -2.25. The minimum absolute atomic E-state index is 0.0713. The fourth-order valence-electron chi connectivity index (χ4n) is 1.26. The summed E-state index contributed by atoms with van der Waals surface area (Å²) < 4.78 is 5.18. The van der Waals surface area contributed by atoms with Gasteiger partial charge in [-0.25, -0.2) is 0 Å². The zero-order chi connectivity index (χ0) is 10.4. The van der Waals surface area contributed by atoms with E-state index in [4.69, 9.17) is 15.2 Å². The van der Waals surface area contributed by atoms with Crippen molar-refractivity contribution >= 4 is 0 Å². The van der Waals surface area contributed by atoms with Gasteiger partial charge >= 0.3 is 12.1 Å². The van der Waals surface area contributed by atoms with Gasteiger partial charge in [0.05, 0.1) is 0 Å². The van der Waals surface area contributed by atoms with E-state index in [-0.39, 0.29) is 12.0 Å². The van der Waals surface area contributed by atoms with Crippen LogP contribution in [0.15, 0.2) is 12.1 Å². The average Bonchev–Trinajstić information content (AvgIpc) is 1.99.